The molecule has 9 heteroatoms. The van der Waals surface area contributed by atoms with E-state index in [-0.39, 0.29) is 21.5 Å². The van der Waals surface area contributed by atoms with Gasteiger partial charge in [0.05, 0.1) is 4.90 Å². The van der Waals surface area contributed by atoms with E-state index in [4.69, 9.17) is 28.4 Å². The molecule has 1 aromatic rings. The molecule has 2 rings (SSSR count). The van der Waals surface area contributed by atoms with Gasteiger partial charge < -0.3 is 0 Å². The predicted molar refractivity (Wildman–Crippen MR) is 73.3 cm³/mol. The Balaban J connectivity index is 2.41. The lowest BCUT2D eigenvalue weighted by Crippen LogP contribution is -2.44. The zero-order valence-electron chi connectivity index (χ0n) is 10.2. The molecule has 0 aromatic heterocycles. The number of hydrogen-bond acceptors (Lipinski definition) is 4. The quantitative estimate of drug-likeness (QED) is 0.648. The van der Waals surface area contributed by atoms with Crippen molar-refractivity contribution in [3.8, 4) is 0 Å². The van der Waals surface area contributed by atoms with Crippen LogP contribution in [-0.2, 0) is 14.8 Å². The maximum Gasteiger partial charge on any atom is 0.261 e. The number of rotatable bonds is 3. The molecule has 0 radical (unpaired) electrons. The number of carbonyl (C=O) groups excluding carboxylic acids is 1. The fourth-order valence-electron chi connectivity index (χ4n) is 2.18. The van der Waals surface area contributed by atoms with Crippen LogP contribution in [0.3, 0.4) is 0 Å². The molecule has 0 saturated carbocycles. The Morgan fingerprint density at radius 3 is 2.45 bits per heavy atom. The second kappa shape index (κ2) is 5.87. The molecule has 1 aliphatic rings. The van der Waals surface area contributed by atoms with Crippen molar-refractivity contribution in [1.82, 2.24) is 9.79 Å². The fourth-order valence-corrected chi connectivity index (χ4v) is 4.56. The van der Waals surface area contributed by atoms with Gasteiger partial charge in [0.15, 0.2) is 0 Å². The molecule has 0 bridgehead atoms. The van der Waals surface area contributed by atoms with Crippen LogP contribution in [0.15, 0.2) is 23.1 Å². The van der Waals surface area contributed by atoms with E-state index >= 15 is 0 Å². The van der Waals surface area contributed by atoms with Gasteiger partial charge in [0, 0.05) is 16.6 Å². The zero-order valence-corrected chi connectivity index (χ0v) is 12.5. The third-order valence-electron chi connectivity index (χ3n) is 3.06. The van der Waals surface area contributed by atoms with Crippen molar-refractivity contribution in [3.63, 3.8) is 0 Å². The Morgan fingerprint density at radius 2 is 1.90 bits per heavy atom. The Labute approximate surface area is 126 Å². The summed E-state index contributed by atoms with van der Waals surface area (Å²) in [4.78, 5) is 11.4. The van der Waals surface area contributed by atoms with Crippen molar-refractivity contribution >= 4 is 39.1 Å². The highest BCUT2D eigenvalue weighted by molar-refractivity contribution is 7.89. The smallest absolute Gasteiger partial charge is 0.261 e. The number of halogens is 2. The number of hydroxylamine groups is 1. The number of nitrogens with one attached hydrogen (secondary N) is 1. The first-order valence-corrected chi connectivity index (χ1v) is 7.98. The lowest BCUT2D eigenvalue weighted by Gasteiger charge is -2.22. The van der Waals surface area contributed by atoms with Crippen molar-refractivity contribution in [2.75, 3.05) is 6.54 Å². The predicted octanol–water partition coefficient (Wildman–Crippen LogP) is 1.65. The molecule has 1 fully saturated rings. The molecule has 1 amide bonds. The Hall–Kier alpha value is -0.860. The van der Waals surface area contributed by atoms with Gasteiger partial charge in [0.2, 0.25) is 10.0 Å². The molecular weight excluding hydrogens is 327 g/mol. The van der Waals surface area contributed by atoms with Crippen LogP contribution in [0, 0.1) is 0 Å². The molecule has 1 unspecified atom stereocenters. The van der Waals surface area contributed by atoms with Crippen LogP contribution < -0.4 is 5.48 Å². The summed E-state index contributed by atoms with van der Waals surface area (Å²) < 4.78 is 26.1. The van der Waals surface area contributed by atoms with Crippen LogP contribution in [-0.4, -0.2) is 36.4 Å². The summed E-state index contributed by atoms with van der Waals surface area (Å²) in [5.41, 5.74) is 1.49. The first kappa shape index (κ1) is 15.5. The minimum atomic E-state index is -3.90. The van der Waals surface area contributed by atoms with Gasteiger partial charge in [-0.25, -0.2) is 13.9 Å². The average Bonchev–Trinajstić information content (AvgIpc) is 2.86. The van der Waals surface area contributed by atoms with E-state index in [1.165, 1.54) is 23.7 Å². The topological polar surface area (TPSA) is 86.7 Å². The summed E-state index contributed by atoms with van der Waals surface area (Å²) in [5, 5.41) is 9.06. The minimum Gasteiger partial charge on any atom is -0.289 e. The third-order valence-corrected chi connectivity index (χ3v) is 5.38. The van der Waals surface area contributed by atoms with E-state index in [1.54, 1.807) is 0 Å². The van der Waals surface area contributed by atoms with Crippen LogP contribution in [0.4, 0.5) is 0 Å². The molecular formula is C11H12Cl2N2O4S. The highest BCUT2D eigenvalue weighted by Gasteiger charge is 2.39. The Bertz CT molecular complexity index is 615. The van der Waals surface area contributed by atoms with Gasteiger partial charge in [0.1, 0.15) is 6.04 Å². The highest BCUT2D eigenvalue weighted by atomic mass is 35.5. The van der Waals surface area contributed by atoms with Crippen LogP contribution in [0.25, 0.3) is 0 Å². The molecule has 0 aliphatic carbocycles. The number of benzene rings is 1. The molecule has 1 heterocycles. The highest BCUT2D eigenvalue weighted by Crippen LogP contribution is 2.29. The minimum absolute atomic E-state index is 0.0763. The normalized spacial score (nSPS) is 20.1. The van der Waals surface area contributed by atoms with Gasteiger partial charge in [-0.2, -0.15) is 4.31 Å². The van der Waals surface area contributed by atoms with Crippen molar-refractivity contribution in [2.24, 2.45) is 0 Å². The number of amides is 1. The van der Waals surface area contributed by atoms with Crippen molar-refractivity contribution < 1.29 is 18.4 Å². The van der Waals surface area contributed by atoms with Crippen LogP contribution in [0.2, 0.25) is 10.0 Å². The molecule has 6 nitrogen and oxygen atoms in total. The van der Waals surface area contributed by atoms with E-state index in [2.05, 4.69) is 0 Å². The van der Waals surface area contributed by atoms with Gasteiger partial charge in [-0.05, 0) is 31.0 Å². The monoisotopic (exact) mass is 338 g/mol. The van der Waals surface area contributed by atoms with Crippen LogP contribution in [0.5, 0.6) is 0 Å². The maximum atomic E-state index is 12.5. The Morgan fingerprint density at radius 1 is 1.30 bits per heavy atom. The summed E-state index contributed by atoms with van der Waals surface area (Å²) in [6.07, 6.45) is 0.880. The summed E-state index contributed by atoms with van der Waals surface area (Å²) in [6.45, 7) is 0.199. The summed E-state index contributed by atoms with van der Waals surface area (Å²) >= 11 is 11.6. The molecule has 1 atom stereocenters. The van der Waals surface area contributed by atoms with Crippen molar-refractivity contribution in [2.45, 2.75) is 23.8 Å². The van der Waals surface area contributed by atoms with Crippen LogP contribution >= 0.6 is 23.2 Å². The molecule has 1 saturated heterocycles. The lowest BCUT2D eigenvalue weighted by molar-refractivity contribution is -0.132. The molecule has 2 N–H and O–H groups in total. The third kappa shape index (κ3) is 2.91. The zero-order chi connectivity index (χ0) is 14.9. The first-order chi connectivity index (χ1) is 9.36. The van der Waals surface area contributed by atoms with E-state index in [9.17, 15) is 13.2 Å². The molecule has 20 heavy (non-hydrogen) atoms. The van der Waals surface area contributed by atoms with Gasteiger partial charge in [-0.3, -0.25) is 10.0 Å². The largest absolute Gasteiger partial charge is 0.289 e. The van der Waals surface area contributed by atoms with E-state index < -0.39 is 22.0 Å². The van der Waals surface area contributed by atoms with Crippen LogP contribution in [0.1, 0.15) is 12.8 Å². The van der Waals surface area contributed by atoms with E-state index in [0.29, 0.717) is 12.8 Å². The van der Waals surface area contributed by atoms with Gasteiger partial charge >= 0.3 is 0 Å². The van der Waals surface area contributed by atoms with Gasteiger partial charge in [0.25, 0.3) is 5.91 Å². The van der Waals surface area contributed by atoms with Crippen molar-refractivity contribution in [1.29, 1.82) is 0 Å². The average molecular weight is 339 g/mol. The summed E-state index contributed by atoms with van der Waals surface area (Å²) in [7, 11) is -3.90. The van der Waals surface area contributed by atoms with E-state index in [1.807, 2.05) is 0 Å². The second-order valence-electron chi connectivity index (χ2n) is 4.35. The van der Waals surface area contributed by atoms with E-state index in [0.717, 1.165) is 4.31 Å². The molecule has 0 spiro atoms. The number of sulfonamides is 1. The van der Waals surface area contributed by atoms with Gasteiger partial charge in [-0.1, -0.05) is 23.2 Å². The molecule has 110 valence electrons. The molecule has 1 aromatic carbocycles. The summed E-state index contributed by atoms with van der Waals surface area (Å²) in [6, 6.07) is 3.04. The van der Waals surface area contributed by atoms with Gasteiger partial charge in [-0.15, -0.1) is 0 Å². The fraction of sp³-hybridized carbons (Fsp3) is 0.364. The number of nitrogens with zero attached hydrogens (tertiary/aromatic N) is 1. The number of hydrogen-bond donors (Lipinski definition) is 2. The van der Waals surface area contributed by atoms with Crippen molar-refractivity contribution in [3.05, 3.63) is 28.2 Å². The Kier molecular flexibility index (Phi) is 4.55. The lowest BCUT2D eigenvalue weighted by atomic mass is 10.2. The SMILES string of the molecule is O=C(NO)C1CCCN1S(=O)(=O)c1cc(Cl)cc(Cl)c1. The summed E-state index contributed by atoms with van der Waals surface area (Å²) in [5.74, 6) is -0.751. The maximum absolute atomic E-state index is 12.5. The first-order valence-electron chi connectivity index (χ1n) is 5.78. The second-order valence-corrected chi connectivity index (χ2v) is 7.12. The standard InChI is InChI=1S/C11H12Cl2N2O4S/c12-7-4-8(13)6-9(5-7)20(18,19)15-3-1-2-10(15)11(16)14-17/h4-6,10,17H,1-3H2,(H,14,16). The molecule has 1 aliphatic heterocycles. The number of carbonyl (C=O) groups is 1.